The molecule has 0 saturated heterocycles. The summed E-state index contributed by atoms with van der Waals surface area (Å²) in [5.74, 6) is -3.60. The summed E-state index contributed by atoms with van der Waals surface area (Å²) in [5, 5.41) is 46.7. The summed E-state index contributed by atoms with van der Waals surface area (Å²) in [6, 6.07) is 2.28. The van der Waals surface area contributed by atoms with Crippen LogP contribution in [-0.4, -0.2) is 81.1 Å². The smallest absolute Gasteiger partial charge is 0.328 e. The van der Waals surface area contributed by atoms with Crippen LogP contribution in [-0.2, 0) is 39.9 Å². The molecule has 1 aromatic carbocycles. The highest BCUT2D eigenvalue weighted by atomic mass is 16.6. The molecule has 0 bridgehead atoms. The number of benzene rings is 1. The van der Waals surface area contributed by atoms with E-state index in [1.165, 1.54) is 6.07 Å². The number of ketones is 2. The van der Waals surface area contributed by atoms with Gasteiger partial charge in [-0.15, -0.1) is 0 Å². The lowest BCUT2D eigenvalue weighted by Gasteiger charge is -2.60. The van der Waals surface area contributed by atoms with Crippen molar-refractivity contribution in [2.75, 3.05) is 13.7 Å². The van der Waals surface area contributed by atoms with E-state index in [4.69, 9.17) is 9.47 Å². The van der Waals surface area contributed by atoms with Gasteiger partial charge in [-0.2, -0.15) is 0 Å². The van der Waals surface area contributed by atoms with E-state index in [2.05, 4.69) is 12.2 Å². The third-order valence-electron chi connectivity index (χ3n) is 11.9. The van der Waals surface area contributed by atoms with Crippen LogP contribution in [0.4, 0.5) is 5.69 Å². The minimum atomic E-state index is -1.82. The summed E-state index contributed by atoms with van der Waals surface area (Å²) in [4.78, 5) is 73.6. The van der Waals surface area contributed by atoms with Crippen molar-refractivity contribution >= 4 is 35.1 Å². The molecule has 0 aromatic heterocycles. The number of fused-ring (bicyclic) bond motifs is 5. The molecule has 14 nitrogen and oxygen atoms in total. The number of carbonyl (C=O) groups excluding carboxylic acids is 5. The molecule has 5 rings (SSSR count). The van der Waals surface area contributed by atoms with Gasteiger partial charge in [0, 0.05) is 30.7 Å². The Labute approximate surface area is 283 Å². The second kappa shape index (κ2) is 13.6. The van der Waals surface area contributed by atoms with E-state index in [1.54, 1.807) is 6.08 Å². The van der Waals surface area contributed by atoms with E-state index in [-0.39, 0.29) is 53.8 Å². The van der Waals surface area contributed by atoms with E-state index in [9.17, 15) is 49.4 Å². The Kier molecular flexibility index (Phi) is 10.0. The lowest BCUT2D eigenvalue weighted by atomic mass is 9.45. The van der Waals surface area contributed by atoms with Gasteiger partial charge in [0.2, 0.25) is 11.7 Å². The number of esters is 2. The second-order valence-electron chi connectivity index (χ2n) is 14.5. The third kappa shape index (κ3) is 6.60. The third-order valence-corrected chi connectivity index (χ3v) is 11.9. The van der Waals surface area contributed by atoms with Gasteiger partial charge in [-0.3, -0.25) is 29.3 Å². The van der Waals surface area contributed by atoms with Crippen molar-refractivity contribution in [1.29, 1.82) is 0 Å². The Morgan fingerprint density at radius 3 is 2.55 bits per heavy atom. The molecule has 0 aliphatic heterocycles. The fourth-order valence-corrected chi connectivity index (χ4v) is 9.38. The summed E-state index contributed by atoms with van der Waals surface area (Å²) in [5.41, 5.74) is -2.30. The Bertz CT molecular complexity index is 1590. The maximum absolute atomic E-state index is 13.5. The summed E-state index contributed by atoms with van der Waals surface area (Å²) in [6.45, 7) is 3.25. The lowest BCUT2D eigenvalue weighted by molar-refractivity contribution is -0.385. The number of Topliss-reactive ketones (excluding diaryl/α,β-unsaturated/α-hetero) is 1. The minimum absolute atomic E-state index is 0.0410. The highest BCUT2D eigenvalue weighted by molar-refractivity contribution is 5.92. The SMILES string of the molecule is COC(=O)[C@H](Cc1ccc(O)c([N+](=O)[O-])c1)NC(=O)CCC(=O)OCC(=O)[C@@]1(O)CC[C@@H]2[C@@H]3CCC4=CC(=O)CC[C@]4(C)[C@H]3[C@H](O)C[C@@]21C. The molecule has 3 saturated carbocycles. The molecule has 0 spiro atoms. The number of amides is 1. The molecule has 1 aromatic rings. The highest BCUT2D eigenvalue weighted by Gasteiger charge is 2.68. The van der Waals surface area contributed by atoms with E-state index in [0.29, 0.717) is 19.3 Å². The summed E-state index contributed by atoms with van der Waals surface area (Å²) < 4.78 is 9.92. The molecule has 4 aliphatic carbocycles. The predicted octanol–water partition coefficient (Wildman–Crippen LogP) is 2.63. The number of nitro groups is 1. The van der Waals surface area contributed by atoms with Crippen LogP contribution in [0.3, 0.4) is 0 Å². The molecule has 4 aliphatic rings. The van der Waals surface area contributed by atoms with Gasteiger partial charge in [0.15, 0.2) is 18.1 Å². The standard InChI is InChI=1S/C35H44N2O12/c1-33-12-10-21(38)16-20(33)5-6-22-23-11-13-35(45,34(23,2)17-27(40)31(22)33)28(41)18-49-30(43)9-8-29(42)36-24(32(44)48-3)14-19-4-7-26(39)25(15-19)37(46)47/h4,7,15-16,22-24,27,31,39-40,45H,5-6,8-14,17-18H2,1-3H3,(H,36,42)/t22-,23+,24-,27+,31+,33-,34-,35-/m0/s1. The van der Waals surface area contributed by atoms with Gasteiger partial charge in [0.1, 0.15) is 11.6 Å². The fraction of sp³-hybridized carbons (Fsp3) is 0.629. The number of phenols is 1. The normalized spacial score (nSPS) is 32.4. The van der Waals surface area contributed by atoms with Crippen LogP contribution in [0, 0.1) is 38.7 Å². The molecular formula is C35H44N2O12. The first-order chi connectivity index (χ1) is 23.0. The number of hydrogen-bond acceptors (Lipinski definition) is 12. The average Bonchev–Trinajstić information content (AvgIpc) is 3.33. The van der Waals surface area contributed by atoms with Crippen molar-refractivity contribution in [3.63, 3.8) is 0 Å². The zero-order valence-corrected chi connectivity index (χ0v) is 27.9. The van der Waals surface area contributed by atoms with E-state index in [1.807, 2.05) is 6.92 Å². The minimum Gasteiger partial charge on any atom is -0.502 e. The molecule has 3 fully saturated rings. The molecule has 0 heterocycles. The van der Waals surface area contributed by atoms with Crippen molar-refractivity contribution in [1.82, 2.24) is 5.32 Å². The Morgan fingerprint density at radius 1 is 1.12 bits per heavy atom. The number of nitro benzene ring substituents is 1. The van der Waals surface area contributed by atoms with E-state index >= 15 is 0 Å². The summed E-state index contributed by atoms with van der Waals surface area (Å²) in [7, 11) is 1.10. The Balaban J connectivity index is 1.16. The molecule has 8 atom stereocenters. The summed E-state index contributed by atoms with van der Waals surface area (Å²) in [6.07, 6.45) is 3.47. The van der Waals surface area contributed by atoms with Crippen molar-refractivity contribution in [2.24, 2.45) is 28.6 Å². The number of hydrogen-bond donors (Lipinski definition) is 4. The Morgan fingerprint density at radius 2 is 1.86 bits per heavy atom. The second-order valence-corrected chi connectivity index (χ2v) is 14.5. The van der Waals surface area contributed by atoms with Gasteiger partial charge < -0.3 is 30.1 Å². The first-order valence-corrected chi connectivity index (χ1v) is 16.7. The molecule has 266 valence electrons. The molecular weight excluding hydrogens is 640 g/mol. The number of aliphatic hydroxyl groups is 2. The van der Waals surface area contributed by atoms with Gasteiger partial charge in [0.05, 0.1) is 24.6 Å². The van der Waals surface area contributed by atoms with Gasteiger partial charge in [0.25, 0.3) is 0 Å². The number of phenolic OH excluding ortho intramolecular Hbond substituents is 1. The molecule has 4 N–H and O–H groups in total. The number of carbonyl (C=O) groups is 5. The number of allylic oxidation sites excluding steroid dienone is 1. The van der Waals surface area contributed by atoms with Crippen LogP contribution in [0.15, 0.2) is 29.8 Å². The van der Waals surface area contributed by atoms with Gasteiger partial charge in [-0.1, -0.05) is 25.5 Å². The monoisotopic (exact) mass is 684 g/mol. The number of nitrogens with one attached hydrogen (secondary N) is 1. The lowest BCUT2D eigenvalue weighted by Crippen LogP contribution is -2.62. The molecule has 1 amide bonds. The average molecular weight is 685 g/mol. The quantitative estimate of drug-likeness (QED) is 0.150. The number of aliphatic hydroxyl groups excluding tert-OH is 1. The van der Waals surface area contributed by atoms with Crippen LogP contribution in [0.25, 0.3) is 0 Å². The number of nitrogens with zero attached hydrogens (tertiary/aromatic N) is 1. The van der Waals surface area contributed by atoms with E-state index < -0.39 is 82.6 Å². The van der Waals surface area contributed by atoms with Gasteiger partial charge in [-0.05, 0) is 79.4 Å². The van der Waals surface area contributed by atoms with Crippen LogP contribution in [0.2, 0.25) is 0 Å². The van der Waals surface area contributed by atoms with Crippen LogP contribution in [0.1, 0.15) is 77.2 Å². The van der Waals surface area contributed by atoms with Gasteiger partial charge in [-0.25, -0.2) is 4.79 Å². The zero-order valence-electron chi connectivity index (χ0n) is 27.9. The maximum Gasteiger partial charge on any atom is 0.328 e. The molecule has 49 heavy (non-hydrogen) atoms. The number of aromatic hydroxyl groups is 1. The topological polar surface area (TPSA) is 220 Å². The molecule has 0 radical (unpaired) electrons. The largest absolute Gasteiger partial charge is 0.502 e. The van der Waals surface area contributed by atoms with Crippen molar-refractivity contribution in [2.45, 2.75) is 95.8 Å². The zero-order chi connectivity index (χ0) is 35.9. The number of ether oxygens (including phenoxy) is 2. The maximum atomic E-state index is 13.5. The van der Waals surface area contributed by atoms with Crippen molar-refractivity contribution < 1.29 is 53.7 Å². The summed E-state index contributed by atoms with van der Waals surface area (Å²) >= 11 is 0. The Hall–Kier alpha value is -4.17. The first kappa shape index (κ1) is 36.1. The molecule has 14 heteroatoms. The number of methoxy groups -OCH3 is 1. The number of rotatable bonds is 11. The first-order valence-electron chi connectivity index (χ1n) is 16.7. The van der Waals surface area contributed by atoms with Crippen LogP contribution < -0.4 is 5.32 Å². The van der Waals surface area contributed by atoms with Crippen molar-refractivity contribution in [3.8, 4) is 5.75 Å². The fourth-order valence-electron chi connectivity index (χ4n) is 9.38. The molecule has 0 unspecified atom stereocenters. The van der Waals surface area contributed by atoms with Crippen molar-refractivity contribution in [3.05, 3.63) is 45.5 Å². The van der Waals surface area contributed by atoms with Crippen LogP contribution >= 0.6 is 0 Å². The highest BCUT2D eigenvalue weighted by Crippen LogP contribution is 2.67. The predicted molar refractivity (Wildman–Crippen MR) is 171 cm³/mol. The van der Waals surface area contributed by atoms with E-state index in [0.717, 1.165) is 37.7 Å². The van der Waals surface area contributed by atoms with Crippen LogP contribution in [0.5, 0.6) is 5.75 Å². The van der Waals surface area contributed by atoms with Gasteiger partial charge >= 0.3 is 17.6 Å².